The Morgan fingerprint density at radius 1 is 1.18 bits per heavy atom. The molecule has 1 saturated heterocycles. The van der Waals surface area contributed by atoms with E-state index in [0.717, 1.165) is 36.2 Å². The third-order valence-electron chi connectivity index (χ3n) is 3.93. The summed E-state index contributed by atoms with van der Waals surface area (Å²) < 4.78 is 0. The van der Waals surface area contributed by atoms with Gasteiger partial charge in [-0.2, -0.15) is 0 Å². The minimum Gasteiger partial charge on any atom is -0.331 e. The average Bonchev–Trinajstić information content (AvgIpc) is 2.45. The Balaban J connectivity index is 2.01. The first kappa shape index (κ1) is 16.3. The lowest BCUT2D eigenvalue weighted by Crippen LogP contribution is -2.47. The van der Waals surface area contributed by atoms with E-state index in [-0.39, 0.29) is 17.9 Å². The standard InChI is InChI=1S/C17H25N3O2/c1-12-8-13(2)10-15(9-12)18-16(21)14-6-5-7-20(11-14)17(22)19(3)4/h8-10,14H,5-7,11H2,1-4H3,(H,18,21)/t14-/m0/s1. The number of nitrogens with one attached hydrogen (secondary N) is 1. The number of anilines is 1. The number of nitrogens with zero attached hydrogens (tertiary/aromatic N) is 2. The molecule has 0 spiro atoms. The number of benzene rings is 1. The van der Waals surface area contributed by atoms with Crippen LogP contribution in [0.4, 0.5) is 10.5 Å². The van der Waals surface area contributed by atoms with Gasteiger partial charge in [0.2, 0.25) is 5.91 Å². The van der Waals surface area contributed by atoms with Gasteiger partial charge in [0.15, 0.2) is 0 Å². The Bertz CT molecular complexity index is 549. The number of amides is 3. The van der Waals surface area contributed by atoms with E-state index in [1.54, 1.807) is 23.9 Å². The van der Waals surface area contributed by atoms with Crippen LogP contribution >= 0.6 is 0 Å². The third-order valence-corrected chi connectivity index (χ3v) is 3.93. The number of piperidine rings is 1. The molecule has 1 heterocycles. The third kappa shape index (κ3) is 4.00. The van der Waals surface area contributed by atoms with Crippen LogP contribution in [-0.2, 0) is 4.79 Å². The van der Waals surface area contributed by atoms with Crippen LogP contribution in [0.25, 0.3) is 0 Å². The van der Waals surface area contributed by atoms with E-state index in [0.29, 0.717) is 6.54 Å². The molecule has 3 amide bonds. The molecule has 1 fully saturated rings. The highest BCUT2D eigenvalue weighted by Crippen LogP contribution is 2.20. The summed E-state index contributed by atoms with van der Waals surface area (Å²) >= 11 is 0. The summed E-state index contributed by atoms with van der Waals surface area (Å²) in [7, 11) is 3.48. The Hall–Kier alpha value is -2.04. The molecule has 120 valence electrons. The van der Waals surface area contributed by atoms with Crippen LogP contribution in [0.15, 0.2) is 18.2 Å². The molecule has 0 bridgehead atoms. The molecule has 22 heavy (non-hydrogen) atoms. The van der Waals surface area contributed by atoms with E-state index in [4.69, 9.17) is 0 Å². The molecule has 5 nitrogen and oxygen atoms in total. The zero-order chi connectivity index (χ0) is 16.3. The van der Waals surface area contributed by atoms with Gasteiger partial charge in [0.05, 0.1) is 5.92 Å². The van der Waals surface area contributed by atoms with Gasteiger partial charge in [0.25, 0.3) is 0 Å². The maximum Gasteiger partial charge on any atom is 0.319 e. The fourth-order valence-electron chi connectivity index (χ4n) is 2.94. The molecule has 1 atom stereocenters. The second kappa shape index (κ2) is 6.81. The topological polar surface area (TPSA) is 52.7 Å². The Kier molecular flexibility index (Phi) is 5.06. The van der Waals surface area contributed by atoms with Gasteiger partial charge >= 0.3 is 6.03 Å². The number of carbonyl (C=O) groups is 2. The van der Waals surface area contributed by atoms with Crippen LogP contribution in [-0.4, -0.2) is 48.9 Å². The molecule has 1 N–H and O–H groups in total. The summed E-state index contributed by atoms with van der Waals surface area (Å²) in [6.45, 7) is 5.25. The second-order valence-electron chi connectivity index (χ2n) is 6.33. The molecule has 0 aliphatic carbocycles. The maximum absolute atomic E-state index is 12.5. The molecule has 1 aliphatic heterocycles. The van der Waals surface area contributed by atoms with Crippen molar-refractivity contribution in [2.45, 2.75) is 26.7 Å². The molecule has 1 aromatic carbocycles. The van der Waals surface area contributed by atoms with Gasteiger partial charge in [-0.25, -0.2) is 4.79 Å². The normalized spacial score (nSPS) is 18.0. The van der Waals surface area contributed by atoms with Gasteiger partial charge in [0, 0.05) is 32.9 Å². The number of hydrogen-bond donors (Lipinski definition) is 1. The van der Waals surface area contributed by atoms with Crippen molar-refractivity contribution in [2.75, 3.05) is 32.5 Å². The first-order valence-corrected chi connectivity index (χ1v) is 7.72. The monoisotopic (exact) mass is 303 g/mol. The van der Waals surface area contributed by atoms with E-state index in [9.17, 15) is 9.59 Å². The Labute approximate surface area is 132 Å². The molecule has 0 radical (unpaired) electrons. The quantitative estimate of drug-likeness (QED) is 0.913. The summed E-state index contributed by atoms with van der Waals surface area (Å²) in [5.74, 6) is -0.139. The van der Waals surface area contributed by atoms with Gasteiger partial charge in [0.1, 0.15) is 0 Å². The molecule has 1 aliphatic rings. The predicted molar refractivity (Wildman–Crippen MR) is 87.9 cm³/mol. The summed E-state index contributed by atoms with van der Waals surface area (Å²) in [4.78, 5) is 27.8. The first-order chi connectivity index (χ1) is 10.4. The van der Waals surface area contributed by atoms with Crippen LogP contribution in [0.3, 0.4) is 0 Å². The number of likely N-dealkylation sites (tertiary alicyclic amines) is 1. The van der Waals surface area contributed by atoms with Crippen LogP contribution in [0.5, 0.6) is 0 Å². The highest BCUT2D eigenvalue weighted by atomic mass is 16.2. The molecule has 1 aromatic rings. The van der Waals surface area contributed by atoms with Gasteiger partial charge in [-0.3, -0.25) is 4.79 Å². The zero-order valence-electron chi connectivity index (χ0n) is 13.8. The van der Waals surface area contributed by atoms with Gasteiger partial charge in [-0.05, 0) is 49.9 Å². The van der Waals surface area contributed by atoms with E-state index in [1.807, 2.05) is 26.0 Å². The number of aryl methyl sites for hydroxylation is 2. The highest BCUT2D eigenvalue weighted by molar-refractivity contribution is 5.93. The van der Waals surface area contributed by atoms with Crippen molar-refractivity contribution in [3.05, 3.63) is 29.3 Å². The summed E-state index contributed by atoms with van der Waals surface area (Å²) in [6.07, 6.45) is 1.69. The van der Waals surface area contributed by atoms with Crippen molar-refractivity contribution in [1.29, 1.82) is 0 Å². The number of hydrogen-bond acceptors (Lipinski definition) is 2. The van der Waals surface area contributed by atoms with E-state index in [2.05, 4.69) is 11.4 Å². The predicted octanol–water partition coefficient (Wildman–Crippen LogP) is 2.64. The van der Waals surface area contributed by atoms with Crippen molar-refractivity contribution in [2.24, 2.45) is 5.92 Å². The molecular weight excluding hydrogens is 278 g/mol. The number of urea groups is 1. The second-order valence-corrected chi connectivity index (χ2v) is 6.33. The van der Waals surface area contributed by atoms with Crippen LogP contribution in [0.1, 0.15) is 24.0 Å². The fourth-order valence-corrected chi connectivity index (χ4v) is 2.94. The SMILES string of the molecule is Cc1cc(C)cc(NC(=O)[C@H]2CCCN(C(=O)N(C)C)C2)c1. The number of rotatable bonds is 2. The molecule has 0 saturated carbocycles. The van der Waals surface area contributed by atoms with Crippen molar-refractivity contribution in [3.8, 4) is 0 Å². The van der Waals surface area contributed by atoms with E-state index < -0.39 is 0 Å². The molecule has 2 rings (SSSR count). The summed E-state index contributed by atoms with van der Waals surface area (Å²) in [5.41, 5.74) is 3.09. The lowest BCUT2D eigenvalue weighted by molar-refractivity contribution is -0.121. The molecular formula is C17H25N3O2. The van der Waals surface area contributed by atoms with Crippen LogP contribution < -0.4 is 5.32 Å². The lowest BCUT2D eigenvalue weighted by Gasteiger charge is -2.33. The number of carbonyl (C=O) groups excluding carboxylic acids is 2. The van der Waals surface area contributed by atoms with E-state index in [1.165, 1.54) is 0 Å². The van der Waals surface area contributed by atoms with Gasteiger partial charge in [-0.15, -0.1) is 0 Å². The maximum atomic E-state index is 12.5. The minimum atomic E-state index is -0.140. The lowest BCUT2D eigenvalue weighted by atomic mass is 9.97. The van der Waals surface area contributed by atoms with Crippen LogP contribution in [0, 0.1) is 19.8 Å². The Morgan fingerprint density at radius 3 is 2.41 bits per heavy atom. The summed E-state index contributed by atoms with van der Waals surface area (Å²) in [6, 6.07) is 5.99. The molecule has 5 heteroatoms. The molecule has 0 aromatic heterocycles. The van der Waals surface area contributed by atoms with Crippen molar-refractivity contribution >= 4 is 17.6 Å². The van der Waals surface area contributed by atoms with Crippen LogP contribution in [0.2, 0.25) is 0 Å². The zero-order valence-corrected chi connectivity index (χ0v) is 13.8. The van der Waals surface area contributed by atoms with Crippen molar-refractivity contribution < 1.29 is 9.59 Å². The van der Waals surface area contributed by atoms with Gasteiger partial charge in [-0.1, -0.05) is 6.07 Å². The van der Waals surface area contributed by atoms with Crippen molar-refractivity contribution in [1.82, 2.24) is 9.80 Å². The smallest absolute Gasteiger partial charge is 0.319 e. The average molecular weight is 303 g/mol. The van der Waals surface area contributed by atoms with Gasteiger partial charge < -0.3 is 15.1 Å². The Morgan fingerprint density at radius 2 is 1.82 bits per heavy atom. The largest absolute Gasteiger partial charge is 0.331 e. The fraction of sp³-hybridized carbons (Fsp3) is 0.529. The molecule has 0 unspecified atom stereocenters. The minimum absolute atomic E-state index is 0.00116. The van der Waals surface area contributed by atoms with Crippen molar-refractivity contribution in [3.63, 3.8) is 0 Å². The first-order valence-electron chi connectivity index (χ1n) is 7.72. The highest BCUT2D eigenvalue weighted by Gasteiger charge is 2.29. The van der Waals surface area contributed by atoms with E-state index >= 15 is 0 Å². The summed E-state index contributed by atoms with van der Waals surface area (Å²) in [5, 5.41) is 2.99.